The van der Waals surface area contributed by atoms with Gasteiger partial charge in [0.1, 0.15) is 8.07 Å². The maximum absolute atomic E-state index is 2.56. The van der Waals surface area contributed by atoms with Crippen LogP contribution in [0.1, 0.15) is 53.4 Å². The van der Waals surface area contributed by atoms with Crippen molar-refractivity contribution in [2.45, 2.75) is 66.5 Å². The van der Waals surface area contributed by atoms with Gasteiger partial charge in [0.25, 0.3) is 0 Å². The molecule has 0 heterocycles. The van der Waals surface area contributed by atoms with Gasteiger partial charge in [-0.1, -0.05) is 71.8 Å². The van der Waals surface area contributed by atoms with Gasteiger partial charge in [0, 0.05) is 0 Å². The maximum Gasteiger partial charge on any atom is 0.112 e. The third-order valence-electron chi connectivity index (χ3n) is 4.82. The van der Waals surface area contributed by atoms with Crippen molar-refractivity contribution in [2.24, 2.45) is 0 Å². The number of hydrogen-bond acceptors (Lipinski definition) is 0. The van der Waals surface area contributed by atoms with Gasteiger partial charge >= 0.3 is 0 Å². The molecular weight excluding hydrogens is 244 g/mol. The highest BCUT2D eigenvalue weighted by Gasteiger charge is 2.38. The summed E-state index contributed by atoms with van der Waals surface area (Å²) in [6.07, 6.45) is 9.71. The Morgan fingerprint density at radius 1 is 0.842 bits per heavy atom. The molecule has 2 aliphatic carbocycles. The number of rotatable bonds is 4. The van der Waals surface area contributed by atoms with Gasteiger partial charge in [-0.15, -0.1) is 0 Å². The van der Waals surface area contributed by atoms with E-state index in [0.717, 1.165) is 0 Å². The molecule has 0 aliphatic heterocycles. The van der Waals surface area contributed by atoms with E-state index in [-0.39, 0.29) is 0 Å². The topological polar surface area (TPSA) is 0 Å². The molecule has 0 aromatic heterocycles. The molecule has 0 N–H and O–H groups in total. The molecule has 0 radical (unpaired) electrons. The maximum atomic E-state index is 2.56. The smallest absolute Gasteiger partial charge is 0.0774 e. The van der Waals surface area contributed by atoms with Crippen LogP contribution in [0.2, 0.25) is 13.1 Å². The second kappa shape index (κ2) is 5.28. The Kier molecular flexibility index (Phi) is 4.05. The monoisotopic (exact) mass is 272 g/mol. The molecule has 104 valence electrons. The van der Waals surface area contributed by atoms with Gasteiger partial charge in [-0.3, -0.25) is 0 Å². The van der Waals surface area contributed by atoms with Gasteiger partial charge in [-0.2, -0.15) is 0 Å². The first-order valence-electron chi connectivity index (χ1n) is 7.72. The van der Waals surface area contributed by atoms with E-state index in [1.54, 1.807) is 32.7 Å². The fraction of sp³-hybridized carbons (Fsp3) is 0.556. The minimum atomic E-state index is -1.51. The lowest BCUT2D eigenvalue weighted by Crippen LogP contribution is -2.34. The number of hydrogen-bond donors (Lipinski definition) is 0. The first kappa shape index (κ1) is 14.6. The van der Waals surface area contributed by atoms with Gasteiger partial charge in [-0.05, 0) is 39.5 Å². The molecule has 0 saturated carbocycles. The first-order chi connectivity index (χ1) is 8.93. The highest BCUT2D eigenvalue weighted by atomic mass is 28.3. The Hall–Kier alpha value is -0.823. The summed E-state index contributed by atoms with van der Waals surface area (Å²) >= 11 is 0. The summed E-state index contributed by atoms with van der Waals surface area (Å²) in [4.78, 5) is 0. The Labute approximate surface area is 120 Å². The lowest BCUT2D eigenvalue weighted by atomic mass is 10.2. The summed E-state index contributed by atoms with van der Waals surface area (Å²) in [5, 5.41) is 3.51. The molecule has 1 heteroatoms. The average Bonchev–Trinajstić information content (AvgIpc) is 2.92. The van der Waals surface area contributed by atoms with Crippen LogP contribution in [-0.2, 0) is 0 Å². The van der Waals surface area contributed by atoms with Crippen LogP contribution in [0.3, 0.4) is 0 Å². The molecule has 0 saturated heterocycles. The van der Waals surface area contributed by atoms with Crippen molar-refractivity contribution in [2.75, 3.05) is 0 Å². The molecule has 0 amide bonds. The predicted octanol–water partition coefficient (Wildman–Crippen LogP) is 5.89. The predicted molar refractivity (Wildman–Crippen MR) is 88.9 cm³/mol. The average molecular weight is 273 g/mol. The highest BCUT2D eigenvalue weighted by molar-refractivity contribution is 6.92. The van der Waals surface area contributed by atoms with Crippen LogP contribution in [0.15, 0.2) is 44.8 Å². The summed E-state index contributed by atoms with van der Waals surface area (Å²) in [7, 11) is -1.51. The second-order valence-electron chi connectivity index (χ2n) is 6.51. The SMILES string of the molecule is CCC1=CCC(C)=C1[Si](C)(C)C1=C(C)CC=C1CC. The Balaban J connectivity index is 2.49. The molecule has 2 aliphatic rings. The zero-order valence-corrected chi connectivity index (χ0v) is 14.5. The molecule has 2 rings (SSSR count). The standard InChI is InChI=1S/C18H28Si/c1-7-15-11-9-13(3)17(15)19(5,6)18-14(4)10-12-16(18)8-2/h11-12H,7-10H2,1-6H3. The zero-order valence-electron chi connectivity index (χ0n) is 13.5. The molecule has 0 spiro atoms. The molecule has 0 bridgehead atoms. The van der Waals surface area contributed by atoms with Crippen molar-refractivity contribution in [3.05, 3.63) is 44.8 Å². The van der Waals surface area contributed by atoms with Gasteiger partial charge in [0.05, 0.1) is 0 Å². The van der Waals surface area contributed by atoms with Crippen molar-refractivity contribution >= 4 is 8.07 Å². The lowest BCUT2D eigenvalue weighted by molar-refractivity contribution is 1.12. The van der Waals surface area contributed by atoms with Crippen LogP contribution in [0.25, 0.3) is 0 Å². The third kappa shape index (κ3) is 2.33. The van der Waals surface area contributed by atoms with Crippen molar-refractivity contribution < 1.29 is 0 Å². The third-order valence-corrected chi connectivity index (χ3v) is 8.81. The van der Waals surface area contributed by atoms with Gasteiger partial charge in [-0.25, -0.2) is 0 Å². The Morgan fingerprint density at radius 3 is 1.53 bits per heavy atom. The van der Waals surface area contributed by atoms with Crippen LogP contribution in [0, 0.1) is 0 Å². The van der Waals surface area contributed by atoms with E-state index in [2.05, 4.69) is 52.9 Å². The van der Waals surface area contributed by atoms with Crippen LogP contribution < -0.4 is 0 Å². The van der Waals surface area contributed by atoms with E-state index in [0.29, 0.717) is 0 Å². The van der Waals surface area contributed by atoms with Crippen molar-refractivity contribution in [3.63, 3.8) is 0 Å². The molecule has 0 unspecified atom stereocenters. The largest absolute Gasteiger partial charge is 0.112 e. The molecule has 0 atom stereocenters. The molecule has 19 heavy (non-hydrogen) atoms. The minimum absolute atomic E-state index is 1.19. The van der Waals surface area contributed by atoms with Crippen LogP contribution in [0.5, 0.6) is 0 Å². The summed E-state index contributed by atoms with van der Waals surface area (Å²) in [5.41, 5.74) is 6.54. The van der Waals surface area contributed by atoms with Crippen LogP contribution in [0.4, 0.5) is 0 Å². The van der Waals surface area contributed by atoms with Crippen molar-refractivity contribution in [1.82, 2.24) is 0 Å². The van der Waals surface area contributed by atoms with Crippen molar-refractivity contribution in [3.8, 4) is 0 Å². The second-order valence-corrected chi connectivity index (χ2v) is 10.8. The van der Waals surface area contributed by atoms with E-state index in [1.807, 2.05) is 0 Å². The summed E-state index contributed by atoms with van der Waals surface area (Å²) in [5.74, 6) is 0. The molecule has 0 aromatic rings. The fourth-order valence-corrected chi connectivity index (χ4v) is 8.90. The minimum Gasteiger partial charge on any atom is -0.0774 e. The molecular formula is C18H28Si. The van der Waals surface area contributed by atoms with Gasteiger partial charge in [0.2, 0.25) is 0 Å². The van der Waals surface area contributed by atoms with E-state index >= 15 is 0 Å². The van der Waals surface area contributed by atoms with Crippen LogP contribution in [-0.4, -0.2) is 8.07 Å². The Bertz CT molecular complexity index is 464. The van der Waals surface area contributed by atoms with E-state index in [9.17, 15) is 0 Å². The molecule has 0 nitrogen and oxygen atoms in total. The molecule has 0 aromatic carbocycles. The lowest BCUT2D eigenvalue weighted by Gasteiger charge is -2.32. The zero-order chi connectivity index (χ0) is 14.2. The number of allylic oxidation sites excluding steroid dienone is 8. The van der Waals surface area contributed by atoms with Crippen molar-refractivity contribution in [1.29, 1.82) is 0 Å². The quantitative estimate of drug-likeness (QED) is 0.560. The highest BCUT2D eigenvalue weighted by Crippen LogP contribution is 2.44. The van der Waals surface area contributed by atoms with E-state index in [1.165, 1.54) is 25.7 Å². The fourth-order valence-electron chi connectivity index (χ4n) is 4.15. The van der Waals surface area contributed by atoms with E-state index in [4.69, 9.17) is 0 Å². The molecule has 0 fully saturated rings. The summed E-state index contributed by atoms with van der Waals surface area (Å²) in [6, 6.07) is 0. The van der Waals surface area contributed by atoms with E-state index < -0.39 is 8.07 Å². The Morgan fingerprint density at radius 2 is 1.21 bits per heavy atom. The van der Waals surface area contributed by atoms with Gasteiger partial charge in [0.15, 0.2) is 0 Å². The van der Waals surface area contributed by atoms with Crippen LogP contribution >= 0.6 is 0 Å². The first-order valence-corrected chi connectivity index (χ1v) is 10.7. The summed E-state index contributed by atoms with van der Waals surface area (Å²) < 4.78 is 0. The normalized spacial score (nSPS) is 20.3. The van der Waals surface area contributed by atoms with Gasteiger partial charge < -0.3 is 0 Å². The summed E-state index contributed by atoms with van der Waals surface area (Å²) in [6.45, 7) is 14.4.